The maximum absolute atomic E-state index is 12.7. The molecule has 0 spiro atoms. The van der Waals surface area contributed by atoms with Gasteiger partial charge in [-0.3, -0.25) is 4.79 Å². The Hall–Kier alpha value is -2.68. The number of hydrogen-bond donors (Lipinski definition) is 1. The van der Waals surface area contributed by atoms with Crippen LogP contribution in [0.25, 0.3) is 16.7 Å². The summed E-state index contributed by atoms with van der Waals surface area (Å²) in [5.74, 6) is 0.166. The van der Waals surface area contributed by atoms with Gasteiger partial charge in [-0.2, -0.15) is 4.31 Å². The minimum atomic E-state index is -3.48. The Morgan fingerprint density at radius 1 is 1.10 bits per heavy atom. The van der Waals surface area contributed by atoms with Crippen molar-refractivity contribution in [1.29, 1.82) is 0 Å². The van der Waals surface area contributed by atoms with Crippen LogP contribution in [-0.2, 0) is 14.8 Å². The fourth-order valence-corrected chi connectivity index (χ4v) is 4.99. The zero-order valence-electron chi connectivity index (χ0n) is 16.0. The molecule has 30 heavy (non-hydrogen) atoms. The number of nitrogens with zero attached hydrogens (tertiary/aromatic N) is 2. The highest BCUT2D eigenvalue weighted by Gasteiger charge is 2.25. The van der Waals surface area contributed by atoms with E-state index in [2.05, 4.69) is 10.3 Å². The second kappa shape index (κ2) is 8.59. The van der Waals surface area contributed by atoms with Gasteiger partial charge in [0.05, 0.1) is 10.5 Å². The first kappa shape index (κ1) is 20.6. The van der Waals surface area contributed by atoms with Crippen LogP contribution >= 0.6 is 11.6 Å². The van der Waals surface area contributed by atoms with Gasteiger partial charge in [-0.15, -0.1) is 0 Å². The summed E-state index contributed by atoms with van der Waals surface area (Å²) in [6.45, 7) is 1.12. The molecule has 1 fully saturated rings. The van der Waals surface area contributed by atoms with E-state index in [1.54, 1.807) is 42.5 Å². The highest BCUT2D eigenvalue weighted by molar-refractivity contribution is 7.89. The van der Waals surface area contributed by atoms with Crippen LogP contribution in [0.2, 0.25) is 5.02 Å². The average Bonchev–Trinajstić information content (AvgIpc) is 3.18. The summed E-state index contributed by atoms with van der Waals surface area (Å²) in [7, 11) is -3.48. The number of oxazole rings is 1. The van der Waals surface area contributed by atoms with E-state index in [0.717, 1.165) is 19.3 Å². The molecule has 156 valence electrons. The third-order valence-electron chi connectivity index (χ3n) is 4.92. The van der Waals surface area contributed by atoms with Gasteiger partial charge in [-0.1, -0.05) is 18.0 Å². The molecule has 1 N–H and O–H groups in total. The molecular formula is C21H20ClN3O4S. The predicted molar refractivity (Wildman–Crippen MR) is 116 cm³/mol. The molecule has 0 saturated carbocycles. The van der Waals surface area contributed by atoms with E-state index in [-0.39, 0.29) is 16.4 Å². The molecule has 4 rings (SSSR count). The normalized spacial score (nSPS) is 16.0. The lowest BCUT2D eigenvalue weighted by Crippen LogP contribution is -2.35. The number of allylic oxidation sites excluding steroid dienone is 1. The van der Waals surface area contributed by atoms with Crippen LogP contribution < -0.4 is 5.32 Å². The molecule has 0 unspecified atom stereocenters. The summed E-state index contributed by atoms with van der Waals surface area (Å²) >= 11 is 5.95. The Balaban J connectivity index is 1.51. The lowest BCUT2D eigenvalue weighted by atomic mass is 10.2. The number of anilines is 1. The number of piperidine rings is 1. The zero-order chi connectivity index (χ0) is 21.1. The summed E-state index contributed by atoms with van der Waals surface area (Å²) in [6, 6.07) is 11.4. The van der Waals surface area contributed by atoms with Crippen LogP contribution in [0.5, 0.6) is 0 Å². The molecule has 1 aliphatic rings. The second-order valence-electron chi connectivity index (χ2n) is 6.98. The van der Waals surface area contributed by atoms with Gasteiger partial charge in [0.15, 0.2) is 11.9 Å². The number of benzene rings is 2. The van der Waals surface area contributed by atoms with Gasteiger partial charge in [0.1, 0.15) is 5.52 Å². The summed E-state index contributed by atoms with van der Waals surface area (Å²) in [5.41, 5.74) is 1.92. The highest BCUT2D eigenvalue weighted by Crippen LogP contribution is 2.24. The third kappa shape index (κ3) is 4.26. The highest BCUT2D eigenvalue weighted by atomic mass is 35.5. The van der Waals surface area contributed by atoms with Crippen molar-refractivity contribution in [3.8, 4) is 0 Å². The van der Waals surface area contributed by atoms with Crippen molar-refractivity contribution in [2.75, 3.05) is 18.4 Å². The maximum atomic E-state index is 12.7. The molecule has 1 aromatic heterocycles. The Morgan fingerprint density at radius 2 is 1.83 bits per heavy atom. The smallest absolute Gasteiger partial charge is 0.243 e. The van der Waals surface area contributed by atoms with Gasteiger partial charge >= 0.3 is 0 Å². The molecule has 2 aromatic carbocycles. The molecule has 1 saturated heterocycles. The van der Waals surface area contributed by atoms with E-state index in [9.17, 15) is 13.2 Å². The molecular weight excluding hydrogens is 426 g/mol. The minimum absolute atomic E-state index is 0.166. The van der Waals surface area contributed by atoms with Gasteiger partial charge < -0.3 is 9.73 Å². The number of nitrogens with one attached hydrogen (secondary N) is 1. The van der Waals surface area contributed by atoms with E-state index < -0.39 is 10.0 Å². The molecule has 0 bridgehead atoms. The van der Waals surface area contributed by atoms with E-state index in [1.807, 2.05) is 0 Å². The van der Waals surface area contributed by atoms with Crippen molar-refractivity contribution in [3.63, 3.8) is 0 Å². The van der Waals surface area contributed by atoms with E-state index >= 15 is 0 Å². The molecule has 0 aliphatic carbocycles. The van der Waals surface area contributed by atoms with Gasteiger partial charge in [0.25, 0.3) is 0 Å². The number of sulfonamides is 1. The van der Waals surface area contributed by atoms with Crippen LogP contribution in [0.15, 0.2) is 58.0 Å². The first-order valence-electron chi connectivity index (χ1n) is 9.56. The lowest BCUT2D eigenvalue weighted by Gasteiger charge is -2.25. The monoisotopic (exact) mass is 445 g/mol. The van der Waals surface area contributed by atoms with E-state index in [0.29, 0.717) is 41.2 Å². The quantitative estimate of drug-likeness (QED) is 0.449. The molecule has 0 radical (unpaired) electrons. The van der Waals surface area contributed by atoms with Gasteiger partial charge in [-0.05, 0) is 55.3 Å². The first-order valence-corrected chi connectivity index (χ1v) is 11.4. The van der Waals surface area contributed by atoms with E-state index in [4.69, 9.17) is 16.0 Å². The fourth-order valence-electron chi connectivity index (χ4n) is 3.31. The van der Waals surface area contributed by atoms with Crippen molar-refractivity contribution in [3.05, 3.63) is 59.6 Å². The minimum Gasteiger partial charge on any atom is -0.436 e. The summed E-state index contributed by atoms with van der Waals surface area (Å²) < 4.78 is 32.6. The fraction of sp³-hybridized carbons (Fsp3) is 0.238. The number of aldehydes is 1. The molecule has 0 atom stereocenters. The van der Waals surface area contributed by atoms with Crippen LogP contribution in [0.3, 0.4) is 0 Å². The Labute approximate surface area is 179 Å². The lowest BCUT2D eigenvalue weighted by molar-refractivity contribution is -0.103. The van der Waals surface area contributed by atoms with Crippen molar-refractivity contribution in [2.24, 2.45) is 0 Å². The Bertz CT molecular complexity index is 1200. The predicted octanol–water partition coefficient (Wildman–Crippen LogP) is 4.31. The topological polar surface area (TPSA) is 92.5 Å². The molecule has 1 aliphatic heterocycles. The van der Waals surface area contributed by atoms with Gasteiger partial charge in [-0.25, -0.2) is 13.4 Å². The molecule has 7 nitrogen and oxygen atoms in total. The first-order chi connectivity index (χ1) is 14.5. The second-order valence-corrected chi connectivity index (χ2v) is 9.36. The van der Waals surface area contributed by atoms with Crippen molar-refractivity contribution in [2.45, 2.75) is 24.2 Å². The number of carbonyl (C=O) groups excluding carboxylic acids is 1. The number of aromatic nitrogens is 1. The number of halogens is 1. The van der Waals surface area contributed by atoms with Crippen LogP contribution in [0, 0.1) is 0 Å². The largest absolute Gasteiger partial charge is 0.436 e. The van der Waals surface area contributed by atoms with Gasteiger partial charge in [0.2, 0.25) is 15.9 Å². The van der Waals surface area contributed by atoms with Gasteiger partial charge in [0, 0.05) is 30.0 Å². The SMILES string of the molecule is O=C/C(=C/Nc1ccc(S(=O)(=O)N2CCCCC2)cc1)c1nc2cc(Cl)ccc2o1. The maximum Gasteiger partial charge on any atom is 0.243 e. The Kier molecular flexibility index (Phi) is 5.90. The summed E-state index contributed by atoms with van der Waals surface area (Å²) in [5, 5.41) is 3.51. The molecule has 9 heteroatoms. The van der Waals surface area contributed by atoms with Crippen molar-refractivity contribution in [1.82, 2.24) is 9.29 Å². The Morgan fingerprint density at radius 3 is 2.53 bits per heavy atom. The van der Waals surface area contributed by atoms with Crippen LogP contribution in [0.1, 0.15) is 25.2 Å². The summed E-state index contributed by atoms with van der Waals surface area (Å²) in [6.07, 6.45) is 4.94. The van der Waals surface area contributed by atoms with Crippen LogP contribution in [0.4, 0.5) is 5.69 Å². The summed E-state index contributed by atoms with van der Waals surface area (Å²) in [4.78, 5) is 16.0. The molecule has 3 aromatic rings. The van der Waals surface area contributed by atoms with Crippen molar-refractivity contribution < 1.29 is 17.6 Å². The van der Waals surface area contributed by atoms with Crippen molar-refractivity contribution >= 4 is 50.3 Å². The number of hydrogen-bond acceptors (Lipinski definition) is 6. The number of carbonyl (C=O) groups is 1. The standard InChI is InChI=1S/C21H20ClN3O4S/c22-16-4-9-20-19(12-16)24-21(29-20)15(14-26)13-23-17-5-7-18(8-6-17)30(27,28)25-10-2-1-3-11-25/h4-9,12-14,23H,1-3,10-11H2/b15-13-. The van der Waals surface area contributed by atoms with E-state index in [1.165, 1.54) is 10.5 Å². The number of fused-ring (bicyclic) bond motifs is 1. The molecule has 0 amide bonds. The average molecular weight is 446 g/mol. The number of rotatable bonds is 6. The molecule has 2 heterocycles. The third-order valence-corrected chi connectivity index (χ3v) is 7.07. The van der Waals surface area contributed by atoms with Crippen LogP contribution in [-0.4, -0.2) is 37.1 Å². The zero-order valence-corrected chi connectivity index (χ0v) is 17.6.